The lowest BCUT2D eigenvalue weighted by Gasteiger charge is -2.13. The first-order chi connectivity index (χ1) is 13.0. The van der Waals surface area contributed by atoms with E-state index in [9.17, 15) is 9.59 Å². The molecular weight excluding hydrogens is 407 g/mol. The third-order valence-corrected chi connectivity index (χ3v) is 5.98. The molecule has 0 fully saturated rings. The zero-order valence-electron chi connectivity index (χ0n) is 14.9. The number of anilines is 1. The number of rotatable bonds is 6. The number of benzene rings is 1. The zero-order valence-corrected chi connectivity index (χ0v) is 17.2. The molecule has 2 N–H and O–H groups in total. The third kappa shape index (κ3) is 4.75. The Kier molecular flexibility index (Phi) is 6.63. The highest BCUT2D eigenvalue weighted by atomic mass is 35.5. The van der Waals surface area contributed by atoms with Crippen molar-refractivity contribution in [2.45, 2.75) is 32.6 Å². The van der Waals surface area contributed by atoms with Crippen LogP contribution in [-0.4, -0.2) is 25.0 Å². The molecule has 1 aliphatic carbocycles. The van der Waals surface area contributed by atoms with Crippen molar-refractivity contribution in [3.8, 4) is 5.75 Å². The second-order valence-electron chi connectivity index (χ2n) is 6.19. The molecule has 0 radical (unpaired) electrons. The lowest BCUT2D eigenvalue weighted by atomic mass is 9.95. The first-order valence-electron chi connectivity index (χ1n) is 8.80. The fourth-order valence-electron chi connectivity index (χ4n) is 3.04. The molecule has 0 aliphatic heterocycles. The van der Waals surface area contributed by atoms with Crippen molar-refractivity contribution < 1.29 is 14.3 Å². The summed E-state index contributed by atoms with van der Waals surface area (Å²) in [5.41, 5.74) is 1.66. The number of fused-ring (bicyclic) bond motifs is 1. The smallest absolute Gasteiger partial charge is 0.262 e. The molecule has 5 nitrogen and oxygen atoms in total. The average Bonchev–Trinajstić information content (AvgIpc) is 2.99. The standard InChI is InChI=1S/C19H20Cl2N2O3S/c1-2-22-18(25)17-12-5-3-4-6-15(12)27-19(17)23-16(24)10-26-14-8-7-11(20)9-13(14)21/h7-9H,2-6,10H2,1H3,(H,22,25)(H,23,24). The summed E-state index contributed by atoms with van der Waals surface area (Å²) in [4.78, 5) is 26.1. The van der Waals surface area contributed by atoms with Crippen LogP contribution in [0.2, 0.25) is 10.0 Å². The highest BCUT2D eigenvalue weighted by Gasteiger charge is 2.26. The molecule has 144 valence electrons. The van der Waals surface area contributed by atoms with E-state index in [2.05, 4.69) is 10.6 Å². The molecule has 0 saturated heterocycles. The average molecular weight is 427 g/mol. The summed E-state index contributed by atoms with van der Waals surface area (Å²) in [6, 6.07) is 4.81. The van der Waals surface area contributed by atoms with Crippen LogP contribution in [0.1, 0.15) is 40.6 Å². The Morgan fingerprint density at radius 3 is 2.74 bits per heavy atom. The molecule has 0 atom stereocenters. The maximum absolute atomic E-state index is 12.5. The molecule has 0 spiro atoms. The van der Waals surface area contributed by atoms with E-state index < -0.39 is 0 Å². The van der Waals surface area contributed by atoms with Crippen molar-refractivity contribution in [3.63, 3.8) is 0 Å². The highest BCUT2D eigenvalue weighted by Crippen LogP contribution is 2.38. The van der Waals surface area contributed by atoms with Crippen LogP contribution < -0.4 is 15.4 Å². The van der Waals surface area contributed by atoms with Crippen molar-refractivity contribution in [2.75, 3.05) is 18.5 Å². The number of ether oxygens (including phenoxy) is 1. The lowest BCUT2D eigenvalue weighted by molar-refractivity contribution is -0.118. The van der Waals surface area contributed by atoms with Gasteiger partial charge in [0.25, 0.3) is 11.8 Å². The summed E-state index contributed by atoms with van der Waals surface area (Å²) in [5.74, 6) is -0.107. The highest BCUT2D eigenvalue weighted by molar-refractivity contribution is 7.17. The van der Waals surface area contributed by atoms with Crippen LogP contribution in [-0.2, 0) is 17.6 Å². The van der Waals surface area contributed by atoms with Gasteiger partial charge >= 0.3 is 0 Å². The molecule has 0 bridgehead atoms. The van der Waals surface area contributed by atoms with Crippen LogP contribution in [0.3, 0.4) is 0 Å². The van der Waals surface area contributed by atoms with E-state index in [1.54, 1.807) is 18.2 Å². The number of hydrogen-bond acceptors (Lipinski definition) is 4. The van der Waals surface area contributed by atoms with Crippen molar-refractivity contribution in [1.29, 1.82) is 0 Å². The van der Waals surface area contributed by atoms with E-state index in [0.717, 1.165) is 31.2 Å². The van der Waals surface area contributed by atoms with Gasteiger partial charge in [-0.3, -0.25) is 9.59 Å². The SMILES string of the molecule is CCNC(=O)c1c(NC(=O)COc2ccc(Cl)cc2Cl)sc2c1CCCC2. The summed E-state index contributed by atoms with van der Waals surface area (Å²) < 4.78 is 5.48. The summed E-state index contributed by atoms with van der Waals surface area (Å²) in [6.07, 6.45) is 3.97. The maximum Gasteiger partial charge on any atom is 0.262 e. The third-order valence-electron chi connectivity index (χ3n) is 4.24. The van der Waals surface area contributed by atoms with Gasteiger partial charge in [-0.2, -0.15) is 0 Å². The first kappa shape index (κ1) is 20.0. The Labute approximate surface area is 172 Å². The molecule has 0 unspecified atom stereocenters. The normalized spacial score (nSPS) is 13.0. The van der Waals surface area contributed by atoms with Crippen LogP contribution in [0.15, 0.2) is 18.2 Å². The first-order valence-corrected chi connectivity index (χ1v) is 10.4. The van der Waals surface area contributed by atoms with Gasteiger partial charge in [0.1, 0.15) is 10.8 Å². The van der Waals surface area contributed by atoms with E-state index in [4.69, 9.17) is 27.9 Å². The van der Waals surface area contributed by atoms with Gasteiger partial charge in [0.15, 0.2) is 6.61 Å². The van der Waals surface area contributed by atoms with Gasteiger partial charge in [-0.05, 0) is 56.4 Å². The van der Waals surface area contributed by atoms with Crippen LogP contribution in [0, 0.1) is 0 Å². The van der Waals surface area contributed by atoms with Gasteiger partial charge < -0.3 is 15.4 Å². The molecule has 1 aromatic heterocycles. The number of nitrogens with one attached hydrogen (secondary N) is 2. The number of hydrogen-bond donors (Lipinski definition) is 2. The fraction of sp³-hybridized carbons (Fsp3) is 0.368. The number of amides is 2. The molecule has 2 aromatic rings. The monoisotopic (exact) mass is 426 g/mol. The Morgan fingerprint density at radius 2 is 2.00 bits per heavy atom. The minimum absolute atomic E-state index is 0.145. The van der Waals surface area contributed by atoms with Crippen LogP contribution >= 0.6 is 34.5 Å². The molecule has 1 aliphatic rings. The number of aryl methyl sites for hydroxylation is 1. The van der Waals surface area contributed by atoms with Crippen molar-refractivity contribution in [1.82, 2.24) is 5.32 Å². The second-order valence-corrected chi connectivity index (χ2v) is 8.13. The number of halogens is 2. The van der Waals surface area contributed by atoms with Gasteiger partial charge in [-0.25, -0.2) is 0 Å². The molecule has 1 aromatic carbocycles. The minimum atomic E-state index is -0.342. The Bertz CT molecular complexity index is 867. The van der Waals surface area contributed by atoms with Gasteiger partial charge in [-0.15, -0.1) is 11.3 Å². The molecule has 2 amide bonds. The van der Waals surface area contributed by atoms with Gasteiger partial charge in [-0.1, -0.05) is 23.2 Å². The topological polar surface area (TPSA) is 67.4 Å². The van der Waals surface area contributed by atoms with Crippen LogP contribution in [0.25, 0.3) is 0 Å². The summed E-state index contributed by atoms with van der Waals surface area (Å²) in [7, 11) is 0. The fourth-order valence-corrected chi connectivity index (χ4v) is 4.81. The number of thiophene rings is 1. The lowest BCUT2D eigenvalue weighted by Crippen LogP contribution is -2.26. The molecule has 0 saturated carbocycles. The Balaban J connectivity index is 1.73. The van der Waals surface area contributed by atoms with E-state index in [-0.39, 0.29) is 18.4 Å². The molecular formula is C19H20Cl2N2O3S. The second kappa shape index (κ2) is 8.95. The Morgan fingerprint density at radius 1 is 1.22 bits per heavy atom. The largest absolute Gasteiger partial charge is 0.482 e. The van der Waals surface area contributed by atoms with Crippen LogP contribution in [0.5, 0.6) is 5.75 Å². The molecule has 1 heterocycles. The summed E-state index contributed by atoms with van der Waals surface area (Å²) >= 11 is 13.4. The van der Waals surface area contributed by atoms with E-state index >= 15 is 0 Å². The predicted molar refractivity (Wildman–Crippen MR) is 110 cm³/mol. The van der Waals surface area contributed by atoms with Gasteiger partial charge in [0.05, 0.1) is 10.6 Å². The molecule has 27 heavy (non-hydrogen) atoms. The molecule has 8 heteroatoms. The van der Waals surface area contributed by atoms with Crippen LogP contribution in [0.4, 0.5) is 5.00 Å². The maximum atomic E-state index is 12.5. The van der Waals surface area contributed by atoms with E-state index in [1.165, 1.54) is 16.2 Å². The number of carbonyl (C=O) groups is 2. The summed E-state index contributed by atoms with van der Waals surface area (Å²) in [6.45, 7) is 2.20. The predicted octanol–water partition coefficient (Wildman–Crippen LogP) is 4.70. The number of carbonyl (C=O) groups excluding carboxylic acids is 2. The van der Waals surface area contributed by atoms with Crippen molar-refractivity contribution in [3.05, 3.63) is 44.2 Å². The quantitative estimate of drug-likeness (QED) is 0.702. The van der Waals surface area contributed by atoms with Crippen molar-refractivity contribution >= 4 is 51.4 Å². The zero-order chi connectivity index (χ0) is 19.4. The minimum Gasteiger partial charge on any atom is -0.482 e. The summed E-state index contributed by atoms with van der Waals surface area (Å²) in [5, 5.41) is 7.09. The Hall–Kier alpha value is -1.76. The van der Waals surface area contributed by atoms with Gasteiger partial charge in [0, 0.05) is 16.4 Å². The molecule has 3 rings (SSSR count). The van der Waals surface area contributed by atoms with Crippen molar-refractivity contribution in [2.24, 2.45) is 0 Å². The van der Waals surface area contributed by atoms with E-state index in [1.807, 2.05) is 6.92 Å². The van der Waals surface area contributed by atoms with Gasteiger partial charge in [0.2, 0.25) is 0 Å². The van der Waals surface area contributed by atoms with E-state index in [0.29, 0.717) is 32.9 Å².